The second kappa shape index (κ2) is 7.61. The number of sulfone groups is 1. The van der Waals surface area contributed by atoms with Gasteiger partial charge in [-0.05, 0) is 19.0 Å². The summed E-state index contributed by atoms with van der Waals surface area (Å²) in [6.45, 7) is 4.53. The van der Waals surface area contributed by atoms with E-state index in [1.165, 1.54) is 0 Å². The van der Waals surface area contributed by atoms with Crippen molar-refractivity contribution >= 4 is 15.7 Å². The van der Waals surface area contributed by atoms with E-state index < -0.39 is 9.84 Å². The lowest BCUT2D eigenvalue weighted by molar-refractivity contribution is -0.122. The third kappa shape index (κ3) is 4.64. The highest BCUT2D eigenvalue weighted by Gasteiger charge is 2.29. The number of nitrogens with one attached hydrogen (secondary N) is 1. The molecule has 2 aliphatic rings. The predicted molar refractivity (Wildman–Crippen MR) is 93.6 cm³/mol. The van der Waals surface area contributed by atoms with Gasteiger partial charge in [-0.15, -0.1) is 0 Å². The first-order valence-corrected chi connectivity index (χ1v) is 10.4. The van der Waals surface area contributed by atoms with E-state index in [0.29, 0.717) is 32.7 Å². The Hall–Kier alpha value is -1.80. The molecule has 1 N–H and O–H groups in total. The van der Waals surface area contributed by atoms with Gasteiger partial charge >= 0.3 is 0 Å². The third-order valence-electron chi connectivity index (χ3n) is 4.45. The minimum Gasteiger partial charge on any atom is -0.486 e. The van der Waals surface area contributed by atoms with Crippen molar-refractivity contribution in [3.8, 4) is 11.5 Å². The van der Waals surface area contributed by atoms with Crippen molar-refractivity contribution < 1.29 is 22.7 Å². The summed E-state index contributed by atoms with van der Waals surface area (Å²) in [6, 6.07) is 5.50. The number of amides is 1. The largest absolute Gasteiger partial charge is 0.486 e. The van der Waals surface area contributed by atoms with Gasteiger partial charge in [-0.1, -0.05) is 19.1 Å². The molecule has 0 aliphatic carbocycles. The number of ether oxygens (including phenoxy) is 2. The van der Waals surface area contributed by atoms with E-state index >= 15 is 0 Å². The molecule has 0 saturated carbocycles. The van der Waals surface area contributed by atoms with Crippen LogP contribution in [0, 0.1) is 0 Å². The topological polar surface area (TPSA) is 84.9 Å². The average Bonchev–Trinajstić information content (AvgIpc) is 2.93. The molecule has 1 aromatic rings. The van der Waals surface area contributed by atoms with Gasteiger partial charge in [0, 0.05) is 18.2 Å². The van der Waals surface area contributed by atoms with Crippen molar-refractivity contribution in [2.45, 2.75) is 25.9 Å². The van der Waals surface area contributed by atoms with Crippen LogP contribution in [0.2, 0.25) is 0 Å². The lowest BCUT2D eigenvalue weighted by Gasteiger charge is -2.25. The van der Waals surface area contributed by atoms with Crippen molar-refractivity contribution in [1.29, 1.82) is 0 Å². The number of hydrogen-bond donors (Lipinski definition) is 1. The summed E-state index contributed by atoms with van der Waals surface area (Å²) in [6.07, 6.45) is 0.498. The average molecular weight is 368 g/mol. The molecule has 1 atom stereocenters. The van der Waals surface area contributed by atoms with Crippen LogP contribution in [0.5, 0.6) is 11.5 Å². The predicted octanol–water partition coefficient (Wildman–Crippen LogP) is 0.583. The Morgan fingerprint density at radius 1 is 1.32 bits per heavy atom. The zero-order valence-electron chi connectivity index (χ0n) is 14.4. The highest BCUT2D eigenvalue weighted by molar-refractivity contribution is 7.91. The van der Waals surface area contributed by atoms with Gasteiger partial charge in [-0.25, -0.2) is 8.42 Å². The maximum atomic E-state index is 12.3. The molecule has 25 heavy (non-hydrogen) atoms. The SMILES string of the molecule is CCN(CC(=O)N[C@@H]1CCS(=O)(=O)C1)Cc1cccc2c1OCCO2. The normalized spacial score (nSPS) is 21.3. The lowest BCUT2D eigenvalue weighted by Crippen LogP contribution is -2.42. The number of benzene rings is 1. The molecule has 2 heterocycles. The van der Waals surface area contributed by atoms with Crippen LogP contribution in [-0.2, 0) is 21.2 Å². The summed E-state index contributed by atoms with van der Waals surface area (Å²) in [7, 11) is -2.99. The maximum Gasteiger partial charge on any atom is 0.234 e. The molecular formula is C17H24N2O5S. The summed E-state index contributed by atoms with van der Waals surface area (Å²) in [5.74, 6) is 1.53. The molecule has 7 nitrogen and oxygen atoms in total. The Balaban J connectivity index is 1.59. The van der Waals surface area contributed by atoms with E-state index in [2.05, 4.69) is 5.32 Å². The Labute approximate surface area is 148 Å². The molecule has 138 valence electrons. The van der Waals surface area contributed by atoms with Gasteiger partial charge in [0.25, 0.3) is 0 Å². The molecule has 1 aromatic carbocycles. The molecule has 0 unspecified atom stereocenters. The molecule has 0 bridgehead atoms. The van der Waals surface area contributed by atoms with Gasteiger partial charge in [0.05, 0.1) is 18.1 Å². The highest BCUT2D eigenvalue weighted by Crippen LogP contribution is 2.34. The Bertz CT molecular complexity index is 735. The van der Waals surface area contributed by atoms with Gasteiger partial charge in [-0.3, -0.25) is 9.69 Å². The summed E-state index contributed by atoms with van der Waals surface area (Å²) in [4.78, 5) is 14.2. The fourth-order valence-electron chi connectivity index (χ4n) is 3.16. The molecular weight excluding hydrogens is 344 g/mol. The summed E-state index contributed by atoms with van der Waals surface area (Å²) in [5, 5.41) is 2.83. The number of para-hydroxylation sites is 1. The van der Waals surface area contributed by atoms with Crippen LogP contribution in [-0.4, -0.2) is 63.1 Å². The molecule has 0 aromatic heterocycles. The van der Waals surface area contributed by atoms with Gasteiger partial charge in [0.15, 0.2) is 21.3 Å². The minimum absolute atomic E-state index is 0.0439. The molecule has 2 aliphatic heterocycles. The van der Waals surface area contributed by atoms with Crippen LogP contribution in [0.3, 0.4) is 0 Å². The summed E-state index contributed by atoms with van der Waals surface area (Å²) >= 11 is 0. The van der Waals surface area contributed by atoms with E-state index in [1.807, 2.05) is 30.0 Å². The first-order chi connectivity index (χ1) is 12.0. The van der Waals surface area contributed by atoms with Crippen LogP contribution in [0.25, 0.3) is 0 Å². The van der Waals surface area contributed by atoms with Crippen LogP contribution in [0.15, 0.2) is 18.2 Å². The number of rotatable bonds is 6. The zero-order valence-corrected chi connectivity index (χ0v) is 15.2. The van der Waals surface area contributed by atoms with Gasteiger partial charge in [0.2, 0.25) is 5.91 Å². The molecule has 1 amide bonds. The smallest absolute Gasteiger partial charge is 0.234 e. The summed E-state index contributed by atoms with van der Waals surface area (Å²) < 4.78 is 34.3. The van der Waals surface area contributed by atoms with E-state index in [9.17, 15) is 13.2 Å². The molecule has 3 rings (SSSR count). The second-order valence-corrected chi connectivity index (χ2v) is 8.64. The van der Waals surface area contributed by atoms with Gasteiger partial charge in [-0.2, -0.15) is 0 Å². The zero-order chi connectivity index (χ0) is 17.9. The monoisotopic (exact) mass is 368 g/mol. The van der Waals surface area contributed by atoms with Crippen LogP contribution in [0.1, 0.15) is 18.9 Å². The van der Waals surface area contributed by atoms with Gasteiger partial charge < -0.3 is 14.8 Å². The van der Waals surface area contributed by atoms with Gasteiger partial charge in [0.1, 0.15) is 13.2 Å². The van der Waals surface area contributed by atoms with Crippen LogP contribution < -0.4 is 14.8 Å². The molecule has 1 fully saturated rings. The minimum atomic E-state index is -2.99. The van der Waals surface area contributed by atoms with E-state index in [4.69, 9.17) is 9.47 Å². The number of likely N-dealkylation sites (N-methyl/N-ethyl adjacent to an activating group) is 1. The van der Waals surface area contributed by atoms with Crippen molar-refractivity contribution in [1.82, 2.24) is 10.2 Å². The fourth-order valence-corrected chi connectivity index (χ4v) is 4.84. The summed E-state index contributed by atoms with van der Waals surface area (Å²) in [5.41, 5.74) is 0.982. The standard InChI is InChI=1S/C17H24N2O5S/c1-2-19(11-16(20)18-14-6-9-25(21,22)12-14)10-13-4-3-5-15-17(13)24-8-7-23-15/h3-5,14H,2,6-12H2,1H3,(H,18,20)/t14-/m1/s1. The highest BCUT2D eigenvalue weighted by atomic mass is 32.2. The molecule has 8 heteroatoms. The lowest BCUT2D eigenvalue weighted by atomic mass is 10.1. The van der Waals surface area contributed by atoms with Crippen molar-refractivity contribution in [3.63, 3.8) is 0 Å². The number of nitrogens with zero attached hydrogens (tertiary/aromatic N) is 1. The van der Waals surface area contributed by atoms with Crippen molar-refractivity contribution in [2.24, 2.45) is 0 Å². The van der Waals surface area contributed by atoms with E-state index in [1.54, 1.807) is 0 Å². The number of fused-ring (bicyclic) bond motifs is 1. The quantitative estimate of drug-likeness (QED) is 0.791. The van der Waals surface area contributed by atoms with E-state index in [0.717, 1.165) is 17.1 Å². The molecule has 1 saturated heterocycles. The maximum absolute atomic E-state index is 12.3. The van der Waals surface area contributed by atoms with Crippen molar-refractivity contribution in [2.75, 3.05) is 37.8 Å². The number of hydrogen-bond acceptors (Lipinski definition) is 6. The van der Waals surface area contributed by atoms with Crippen LogP contribution >= 0.6 is 0 Å². The van der Waals surface area contributed by atoms with E-state index in [-0.39, 0.29) is 30.0 Å². The first-order valence-electron chi connectivity index (χ1n) is 8.56. The fraction of sp³-hybridized carbons (Fsp3) is 0.588. The molecule has 0 spiro atoms. The third-order valence-corrected chi connectivity index (χ3v) is 6.22. The van der Waals surface area contributed by atoms with Crippen LogP contribution in [0.4, 0.5) is 0 Å². The Kier molecular flexibility index (Phi) is 5.48. The second-order valence-electron chi connectivity index (χ2n) is 6.41. The Morgan fingerprint density at radius 3 is 2.84 bits per heavy atom. The number of carbonyl (C=O) groups is 1. The van der Waals surface area contributed by atoms with Crippen molar-refractivity contribution in [3.05, 3.63) is 23.8 Å². The molecule has 0 radical (unpaired) electrons. The number of carbonyl (C=O) groups excluding carboxylic acids is 1. The Morgan fingerprint density at radius 2 is 2.12 bits per heavy atom. The first kappa shape index (κ1) is 18.0.